The number of benzene rings is 1. The highest BCUT2D eigenvalue weighted by atomic mass is 79.9. The molecule has 0 amide bonds. The summed E-state index contributed by atoms with van der Waals surface area (Å²) in [6, 6.07) is 9.01. The molecule has 1 aromatic heterocycles. The van der Waals surface area contributed by atoms with Gasteiger partial charge in [0.2, 0.25) is 0 Å². The van der Waals surface area contributed by atoms with Gasteiger partial charge in [0, 0.05) is 18.9 Å². The molecule has 0 fully saturated rings. The molecule has 0 spiro atoms. The Balaban J connectivity index is 2.22. The summed E-state index contributed by atoms with van der Waals surface area (Å²) in [6.07, 6.45) is 3.97. The van der Waals surface area contributed by atoms with Crippen LogP contribution in [0.1, 0.15) is 5.56 Å². The fourth-order valence-corrected chi connectivity index (χ4v) is 1.75. The minimum atomic E-state index is -0.221. The van der Waals surface area contributed by atoms with Crippen LogP contribution < -0.4 is 0 Å². The maximum absolute atomic E-state index is 12.9. The van der Waals surface area contributed by atoms with Crippen molar-refractivity contribution in [3.05, 3.63) is 58.6 Å². The van der Waals surface area contributed by atoms with Crippen LogP contribution in [-0.4, -0.2) is 4.57 Å². The van der Waals surface area contributed by atoms with E-state index in [4.69, 9.17) is 0 Å². The molecule has 0 bridgehead atoms. The number of nitrogens with zero attached hydrogens (tertiary/aromatic N) is 1. The second-order valence-electron chi connectivity index (χ2n) is 3.10. The third-order valence-corrected chi connectivity index (χ3v) is 2.62. The molecule has 14 heavy (non-hydrogen) atoms. The third-order valence-electron chi connectivity index (χ3n) is 2.02. The van der Waals surface area contributed by atoms with Crippen molar-refractivity contribution in [3.63, 3.8) is 0 Å². The van der Waals surface area contributed by atoms with Crippen molar-refractivity contribution in [2.45, 2.75) is 6.54 Å². The topological polar surface area (TPSA) is 4.93 Å². The molecule has 0 saturated carbocycles. The van der Waals surface area contributed by atoms with Gasteiger partial charge in [-0.1, -0.05) is 6.07 Å². The molecular weight excluding hydrogens is 245 g/mol. The lowest BCUT2D eigenvalue weighted by Gasteiger charge is -2.04. The fraction of sp³-hybridized carbons (Fsp3) is 0.0909. The van der Waals surface area contributed by atoms with Crippen LogP contribution in [0.5, 0.6) is 0 Å². The zero-order valence-corrected chi connectivity index (χ0v) is 9.04. The van der Waals surface area contributed by atoms with Crippen molar-refractivity contribution in [1.29, 1.82) is 0 Å². The summed E-state index contributed by atoms with van der Waals surface area (Å²) in [4.78, 5) is 0. The molecule has 1 nitrogen and oxygen atoms in total. The number of aromatic nitrogens is 1. The zero-order valence-electron chi connectivity index (χ0n) is 7.45. The monoisotopic (exact) mass is 253 g/mol. The van der Waals surface area contributed by atoms with Crippen LogP contribution in [-0.2, 0) is 6.54 Å². The first kappa shape index (κ1) is 9.46. The summed E-state index contributed by atoms with van der Waals surface area (Å²) in [7, 11) is 0. The molecule has 0 aliphatic heterocycles. The first-order chi connectivity index (χ1) is 6.75. The second-order valence-corrected chi connectivity index (χ2v) is 3.96. The molecule has 0 atom stereocenters. The van der Waals surface area contributed by atoms with Crippen LogP contribution in [0.25, 0.3) is 0 Å². The van der Waals surface area contributed by atoms with Crippen molar-refractivity contribution in [2.24, 2.45) is 0 Å². The fourth-order valence-electron chi connectivity index (χ4n) is 1.32. The van der Waals surface area contributed by atoms with Gasteiger partial charge in [-0.25, -0.2) is 4.39 Å². The van der Waals surface area contributed by atoms with E-state index in [2.05, 4.69) is 15.9 Å². The second kappa shape index (κ2) is 3.96. The largest absolute Gasteiger partial charge is 0.350 e. The first-order valence-corrected chi connectivity index (χ1v) is 5.10. The standard InChI is InChI=1S/C11H9BrFN/c12-10-7-9(3-4-11(10)13)8-14-5-1-2-6-14/h1-7H,8H2. The van der Waals surface area contributed by atoms with Crippen molar-refractivity contribution in [3.8, 4) is 0 Å². The molecular formula is C11H9BrFN. The summed E-state index contributed by atoms with van der Waals surface area (Å²) >= 11 is 3.17. The maximum atomic E-state index is 12.9. The number of halogens is 2. The molecule has 1 heterocycles. The van der Waals surface area contributed by atoms with E-state index in [1.165, 1.54) is 6.07 Å². The van der Waals surface area contributed by atoms with E-state index in [-0.39, 0.29) is 5.82 Å². The van der Waals surface area contributed by atoms with E-state index in [0.29, 0.717) is 4.47 Å². The smallest absolute Gasteiger partial charge is 0.137 e. The Bertz CT molecular complexity index is 423. The van der Waals surface area contributed by atoms with Gasteiger partial charge in [0.1, 0.15) is 5.82 Å². The highest BCUT2D eigenvalue weighted by Gasteiger charge is 2.00. The molecule has 0 aliphatic carbocycles. The van der Waals surface area contributed by atoms with Gasteiger partial charge in [0.25, 0.3) is 0 Å². The molecule has 2 rings (SSSR count). The maximum Gasteiger partial charge on any atom is 0.137 e. The predicted molar refractivity (Wildman–Crippen MR) is 57.6 cm³/mol. The predicted octanol–water partition coefficient (Wildman–Crippen LogP) is 3.44. The van der Waals surface area contributed by atoms with Crippen LogP contribution in [0.3, 0.4) is 0 Å². The summed E-state index contributed by atoms with van der Waals surface area (Å²) in [6.45, 7) is 0.770. The highest BCUT2D eigenvalue weighted by Crippen LogP contribution is 2.17. The van der Waals surface area contributed by atoms with Gasteiger partial charge in [0.05, 0.1) is 4.47 Å². The van der Waals surface area contributed by atoms with Gasteiger partial charge in [-0.3, -0.25) is 0 Å². The molecule has 72 valence electrons. The van der Waals surface area contributed by atoms with Gasteiger partial charge < -0.3 is 4.57 Å². The van der Waals surface area contributed by atoms with E-state index < -0.39 is 0 Å². The summed E-state index contributed by atoms with van der Waals surface area (Å²) in [5.41, 5.74) is 1.08. The number of hydrogen-bond donors (Lipinski definition) is 0. The summed E-state index contributed by atoms with van der Waals surface area (Å²) in [5.74, 6) is -0.221. The Kier molecular flexibility index (Phi) is 2.68. The molecule has 0 N–H and O–H groups in total. The molecule has 0 radical (unpaired) electrons. The lowest BCUT2D eigenvalue weighted by molar-refractivity contribution is 0.619. The third kappa shape index (κ3) is 2.04. The zero-order chi connectivity index (χ0) is 9.97. The lowest BCUT2D eigenvalue weighted by atomic mass is 10.2. The van der Waals surface area contributed by atoms with Crippen LogP contribution in [0.15, 0.2) is 47.2 Å². The van der Waals surface area contributed by atoms with E-state index in [1.54, 1.807) is 12.1 Å². The Morgan fingerprint density at radius 2 is 1.93 bits per heavy atom. The molecule has 0 aliphatic rings. The Morgan fingerprint density at radius 3 is 2.57 bits per heavy atom. The average molecular weight is 254 g/mol. The Hall–Kier alpha value is -1.09. The average Bonchev–Trinajstić information content (AvgIpc) is 2.64. The van der Waals surface area contributed by atoms with Crippen molar-refractivity contribution in [2.75, 3.05) is 0 Å². The van der Waals surface area contributed by atoms with Gasteiger partial charge in [-0.05, 0) is 45.8 Å². The van der Waals surface area contributed by atoms with Crippen molar-refractivity contribution in [1.82, 2.24) is 4.57 Å². The van der Waals surface area contributed by atoms with E-state index in [9.17, 15) is 4.39 Å². The minimum absolute atomic E-state index is 0.221. The SMILES string of the molecule is Fc1ccc(Cn2cccc2)cc1Br. The van der Waals surface area contributed by atoms with Gasteiger partial charge in [-0.2, -0.15) is 0 Å². The van der Waals surface area contributed by atoms with Crippen LogP contribution in [0, 0.1) is 5.82 Å². The Morgan fingerprint density at radius 1 is 1.21 bits per heavy atom. The van der Waals surface area contributed by atoms with Crippen molar-refractivity contribution < 1.29 is 4.39 Å². The molecule has 1 aromatic carbocycles. The molecule has 0 unspecified atom stereocenters. The number of rotatable bonds is 2. The molecule has 0 saturated heterocycles. The molecule has 2 aromatic rings. The van der Waals surface area contributed by atoms with Crippen LogP contribution in [0.2, 0.25) is 0 Å². The van der Waals surface area contributed by atoms with Gasteiger partial charge in [-0.15, -0.1) is 0 Å². The lowest BCUT2D eigenvalue weighted by Crippen LogP contribution is -1.96. The van der Waals surface area contributed by atoms with Gasteiger partial charge >= 0.3 is 0 Å². The highest BCUT2D eigenvalue weighted by molar-refractivity contribution is 9.10. The van der Waals surface area contributed by atoms with E-state index in [0.717, 1.165) is 12.1 Å². The van der Waals surface area contributed by atoms with Crippen LogP contribution in [0.4, 0.5) is 4.39 Å². The van der Waals surface area contributed by atoms with E-state index in [1.807, 2.05) is 29.1 Å². The number of hydrogen-bond acceptors (Lipinski definition) is 0. The minimum Gasteiger partial charge on any atom is -0.350 e. The van der Waals surface area contributed by atoms with E-state index >= 15 is 0 Å². The molecule has 3 heteroatoms. The first-order valence-electron chi connectivity index (χ1n) is 4.30. The quantitative estimate of drug-likeness (QED) is 0.773. The summed E-state index contributed by atoms with van der Waals surface area (Å²) < 4.78 is 15.5. The summed E-state index contributed by atoms with van der Waals surface area (Å²) in [5, 5.41) is 0. The normalized spacial score (nSPS) is 10.4. The van der Waals surface area contributed by atoms with Crippen molar-refractivity contribution >= 4 is 15.9 Å². The van der Waals surface area contributed by atoms with Gasteiger partial charge in [0.15, 0.2) is 0 Å². The van der Waals surface area contributed by atoms with Crippen LogP contribution >= 0.6 is 15.9 Å². The Labute approximate surface area is 90.3 Å².